The SMILES string of the molecule is CCOc1cc(CNCCc2ccc(OC)cc2)c(Cl)cc1OCc1ccccc1F. The van der Waals surface area contributed by atoms with Gasteiger partial charge in [-0.15, -0.1) is 0 Å². The van der Waals surface area contributed by atoms with Crippen molar-refractivity contribution in [1.29, 1.82) is 0 Å². The van der Waals surface area contributed by atoms with Crippen molar-refractivity contribution in [3.8, 4) is 17.2 Å². The van der Waals surface area contributed by atoms with E-state index in [1.54, 1.807) is 31.4 Å². The highest BCUT2D eigenvalue weighted by Crippen LogP contribution is 2.34. The fourth-order valence-corrected chi connectivity index (χ4v) is 3.33. The van der Waals surface area contributed by atoms with E-state index in [4.69, 9.17) is 25.8 Å². The normalized spacial score (nSPS) is 10.7. The van der Waals surface area contributed by atoms with Crippen LogP contribution in [-0.4, -0.2) is 20.3 Å². The summed E-state index contributed by atoms with van der Waals surface area (Å²) in [6.45, 7) is 3.90. The molecule has 4 nitrogen and oxygen atoms in total. The lowest BCUT2D eigenvalue weighted by molar-refractivity contribution is 0.265. The molecule has 0 aliphatic heterocycles. The Morgan fingerprint density at radius 1 is 0.935 bits per heavy atom. The molecule has 31 heavy (non-hydrogen) atoms. The molecule has 3 aromatic rings. The first kappa shape index (κ1) is 22.9. The maximum Gasteiger partial charge on any atom is 0.163 e. The van der Waals surface area contributed by atoms with Gasteiger partial charge in [0.1, 0.15) is 18.2 Å². The van der Waals surface area contributed by atoms with Gasteiger partial charge >= 0.3 is 0 Å². The van der Waals surface area contributed by atoms with Crippen molar-refractivity contribution in [2.75, 3.05) is 20.3 Å². The number of benzene rings is 3. The summed E-state index contributed by atoms with van der Waals surface area (Å²) in [4.78, 5) is 0. The summed E-state index contributed by atoms with van der Waals surface area (Å²) in [5.41, 5.74) is 2.62. The van der Waals surface area contributed by atoms with Gasteiger partial charge in [-0.1, -0.05) is 41.9 Å². The molecule has 0 atom stereocenters. The minimum atomic E-state index is -0.302. The largest absolute Gasteiger partial charge is 0.497 e. The van der Waals surface area contributed by atoms with Crippen LogP contribution in [0.1, 0.15) is 23.6 Å². The van der Waals surface area contributed by atoms with Crippen molar-refractivity contribution >= 4 is 11.6 Å². The van der Waals surface area contributed by atoms with E-state index in [9.17, 15) is 4.39 Å². The predicted octanol–water partition coefficient (Wildman–Crippen LogP) is 5.80. The second-order valence-corrected chi connectivity index (χ2v) is 7.39. The summed E-state index contributed by atoms with van der Waals surface area (Å²) in [6.07, 6.45) is 0.893. The van der Waals surface area contributed by atoms with Crippen molar-refractivity contribution < 1.29 is 18.6 Å². The molecule has 0 unspecified atom stereocenters. The number of hydrogen-bond acceptors (Lipinski definition) is 4. The highest BCUT2D eigenvalue weighted by Gasteiger charge is 2.12. The van der Waals surface area contributed by atoms with Crippen LogP contribution in [0.3, 0.4) is 0 Å². The third kappa shape index (κ3) is 6.61. The first-order valence-corrected chi connectivity index (χ1v) is 10.6. The summed E-state index contributed by atoms with van der Waals surface area (Å²) in [6, 6.07) is 18.2. The molecule has 164 valence electrons. The lowest BCUT2D eigenvalue weighted by atomic mass is 10.1. The van der Waals surface area contributed by atoms with E-state index in [0.717, 1.165) is 24.3 Å². The number of nitrogens with one attached hydrogen (secondary N) is 1. The summed E-state index contributed by atoms with van der Waals surface area (Å²) in [5, 5.41) is 3.99. The molecule has 0 aromatic heterocycles. The molecule has 1 N–H and O–H groups in total. The Bertz CT molecular complexity index is 979. The topological polar surface area (TPSA) is 39.7 Å². The summed E-state index contributed by atoms with van der Waals surface area (Å²) in [7, 11) is 1.66. The Morgan fingerprint density at radius 2 is 1.68 bits per heavy atom. The van der Waals surface area contributed by atoms with Gasteiger partial charge in [-0.05, 0) is 55.3 Å². The van der Waals surface area contributed by atoms with E-state index in [-0.39, 0.29) is 12.4 Å². The van der Waals surface area contributed by atoms with E-state index in [0.29, 0.717) is 35.2 Å². The summed E-state index contributed by atoms with van der Waals surface area (Å²) >= 11 is 6.48. The summed E-state index contributed by atoms with van der Waals surface area (Å²) < 4.78 is 30.6. The van der Waals surface area contributed by atoms with Crippen LogP contribution in [0, 0.1) is 5.82 Å². The average Bonchev–Trinajstić information content (AvgIpc) is 2.79. The number of ether oxygens (including phenoxy) is 3. The molecule has 6 heteroatoms. The van der Waals surface area contributed by atoms with Crippen LogP contribution >= 0.6 is 11.6 Å². The van der Waals surface area contributed by atoms with Gasteiger partial charge in [0, 0.05) is 23.2 Å². The Labute approximate surface area is 187 Å². The smallest absolute Gasteiger partial charge is 0.163 e. The van der Waals surface area contributed by atoms with Gasteiger partial charge in [-0.3, -0.25) is 0 Å². The van der Waals surface area contributed by atoms with Crippen LogP contribution in [0.25, 0.3) is 0 Å². The van der Waals surface area contributed by atoms with Crippen molar-refractivity contribution in [3.05, 3.63) is 88.2 Å². The first-order valence-electron chi connectivity index (χ1n) is 10.3. The van der Waals surface area contributed by atoms with E-state index < -0.39 is 0 Å². The van der Waals surface area contributed by atoms with Gasteiger partial charge in [0.05, 0.1) is 13.7 Å². The van der Waals surface area contributed by atoms with Crippen LogP contribution in [0.2, 0.25) is 5.02 Å². The van der Waals surface area contributed by atoms with Crippen molar-refractivity contribution in [2.45, 2.75) is 26.5 Å². The van der Waals surface area contributed by atoms with Crippen LogP contribution < -0.4 is 19.5 Å². The summed E-state index contributed by atoms with van der Waals surface area (Å²) in [5.74, 6) is 1.64. The standard InChI is InChI=1S/C25H27ClFNO3/c1-3-30-24-14-20(16-28-13-12-18-8-10-21(29-2)11-9-18)22(26)15-25(24)31-17-19-6-4-5-7-23(19)27/h4-11,14-15,28H,3,12-13,16-17H2,1-2H3. The Kier molecular flexibility index (Phi) is 8.56. The number of halogens is 2. The Balaban J connectivity index is 1.60. The second kappa shape index (κ2) is 11.6. The molecule has 0 radical (unpaired) electrons. The molecule has 0 saturated carbocycles. The van der Waals surface area contributed by atoms with Gasteiger partial charge < -0.3 is 19.5 Å². The van der Waals surface area contributed by atoms with E-state index in [1.807, 2.05) is 25.1 Å². The zero-order valence-corrected chi connectivity index (χ0v) is 18.5. The molecule has 0 fully saturated rings. The minimum absolute atomic E-state index is 0.0997. The van der Waals surface area contributed by atoms with Crippen molar-refractivity contribution in [1.82, 2.24) is 5.32 Å². The molecule has 0 aliphatic rings. The molecular weight excluding hydrogens is 417 g/mol. The van der Waals surface area contributed by atoms with Gasteiger partial charge in [0.25, 0.3) is 0 Å². The highest BCUT2D eigenvalue weighted by molar-refractivity contribution is 6.31. The van der Waals surface area contributed by atoms with Gasteiger partial charge in [0.2, 0.25) is 0 Å². The van der Waals surface area contributed by atoms with Crippen LogP contribution in [0.15, 0.2) is 60.7 Å². The molecule has 0 heterocycles. The second-order valence-electron chi connectivity index (χ2n) is 6.98. The number of methoxy groups -OCH3 is 1. The Hall–Kier alpha value is -2.76. The number of hydrogen-bond donors (Lipinski definition) is 1. The first-order chi connectivity index (χ1) is 15.1. The molecule has 0 saturated heterocycles. The maximum atomic E-state index is 13.9. The van der Waals surface area contributed by atoms with E-state index in [2.05, 4.69) is 17.4 Å². The van der Waals surface area contributed by atoms with Gasteiger partial charge in [0.15, 0.2) is 11.5 Å². The van der Waals surface area contributed by atoms with Crippen LogP contribution in [0.5, 0.6) is 17.2 Å². The minimum Gasteiger partial charge on any atom is -0.497 e. The predicted molar refractivity (Wildman–Crippen MR) is 122 cm³/mol. The quantitative estimate of drug-likeness (QED) is 0.380. The average molecular weight is 444 g/mol. The van der Waals surface area contributed by atoms with E-state index in [1.165, 1.54) is 11.6 Å². The van der Waals surface area contributed by atoms with Crippen LogP contribution in [-0.2, 0) is 19.6 Å². The van der Waals surface area contributed by atoms with Crippen molar-refractivity contribution in [2.24, 2.45) is 0 Å². The van der Waals surface area contributed by atoms with Crippen molar-refractivity contribution in [3.63, 3.8) is 0 Å². The third-order valence-electron chi connectivity index (χ3n) is 4.82. The fraction of sp³-hybridized carbons (Fsp3) is 0.280. The monoisotopic (exact) mass is 443 g/mol. The van der Waals surface area contributed by atoms with Gasteiger partial charge in [-0.25, -0.2) is 4.39 Å². The lowest BCUT2D eigenvalue weighted by Crippen LogP contribution is -2.17. The molecule has 0 spiro atoms. The maximum absolute atomic E-state index is 13.9. The van der Waals surface area contributed by atoms with Gasteiger partial charge in [-0.2, -0.15) is 0 Å². The Morgan fingerprint density at radius 3 is 2.39 bits per heavy atom. The van der Waals surface area contributed by atoms with Crippen LogP contribution in [0.4, 0.5) is 4.39 Å². The third-order valence-corrected chi connectivity index (χ3v) is 5.17. The molecular formula is C25H27ClFNO3. The zero-order chi connectivity index (χ0) is 22.1. The molecule has 0 amide bonds. The molecule has 0 aliphatic carbocycles. The number of rotatable bonds is 11. The highest BCUT2D eigenvalue weighted by atomic mass is 35.5. The fourth-order valence-electron chi connectivity index (χ4n) is 3.11. The molecule has 0 bridgehead atoms. The lowest BCUT2D eigenvalue weighted by Gasteiger charge is -2.15. The zero-order valence-electron chi connectivity index (χ0n) is 17.8. The molecule has 3 rings (SSSR count). The van der Waals surface area contributed by atoms with E-state index >= 15 is 0 Å². The molecule has 3 aromatic carbocycles.